The number of hydrogen-bond donors (Lipinski definition) is 2. The highest BCUT2D eigenvalue weighted by atomic mass is 32.2. The number of hydrogen-bond acceptors (Lipinski definition) is 3. The molecule has 1 saturated heterocycles. The van der Waals surface area contributed by atoms with Crippen LogP contribution in [0.5, 0.6) is 0 Å². The smallest absolute Gasteiger partial charge is 0.320 e. The van der Waals surface area contributed by atoms with E-state index < -0.39 is 29.1 Å². The van der Waals surface area contributed by atoms with E-state index in [1.165, 1.54) is 4.72 Å². The number of halogens is 4. The van der Waals surface area contributed by atoms with Crippen molar-refractivity contribution >= 4 is 10.2 Å². The summed E-state index contributed by atoms with van der Waals surface area (Å²) < 4.78 is 74.7. The van der Waals surface area contributed by atoms with E-state index in [-0.39, 0.29) is 25.6 Å². The first kappa shape index (κ1) is 16.6. The normalized spacial score (nSPS) is 20.1. The Morgan fingerprint density at radius 3 is 2.26 bits per heavy atom. The van der Waals surface area contributed by atoms with Crippen molar-refractivity contribution in [3.8, 4) is 0 Å². The molecular weight excluding hydrogens is 292 g/mol. The number of aliphatic hydroxyl groups excluding tert-OH is 1. The van der Waals surface area contributed by atoms with Gasteiger partial charge >= 0.3 is 12.3 Å². The highest BCUT2D eigenvalue weighted by Gasteiger charge is 2.42. The largest absolute Gasteiger partial charge is 0.396 e. The van der Waals surface area contributed by atoms with Crippen LogP contribution in [0.3, 0.4) is 0 Å². The summed E-state index contributed by atoms with van der Waals surface area (Å²) in [6.45, 7) is -1.56. The molecule has 1 rings (SSSR count). The van der Waals surface area contributed by atoms with Gasteiger partial charge in [-0.2, -0.15) is 26.2 Å². The van der Waals surface area contributed by atoms with Gasteiger partial charge in [0.25, 0.3) is 10.2 Å². The van der Waals surface area contributed by atoms with Gasteiger partial charge in [-0.1, -0.05) is 0 Å². The van der Waals surface area contributed by atoms with Gasteiger partial charge in [-0.05, 0) is 18.8 Å². The van der Waals surface area contributed by atoms with Crippen molar-refractivity contribution in [1.82, 2.24) is 9.03 Å². The molecule has 10 heteroatoms. The van der Waals surface area contributed by atoms with Gasteiger partial charge in [-0.25, -0.2) is 8.78 Å². The summed E-state index contributed by atoms with van der Waals surface area (Å²) in [7, 11) is -4.19. The quantitative estimate of drug-likeness (QED) is 0.699. The monoisotopic (exact) mass is 308 g/mol. The number of aliphatic hydroxyl groups is 1. The van der Waals surface area contributed by atoms with Crippen LogP contribution in [0.4, 0.5) is 17.6 Å². The van der Waals surface area contributed by atoms with E-state index in [4.69, 9.17) is 5.11 Å². The number of nitrogens with zero attached hydrogens (tertiary/aromatic N) is 1. The molecule has 2 N–H and O–H groups in total. The van der Waals surface area contributed by atoms with Crippen molar-refractivity contribution in [3.63, 3.8) is 0 Å². The molecule has 114 valence electrons. The van der Waals surface area contributed by atoms with Crippen LogP contribution in [0.15, 0.2) is 0 Å². The lowest BCUT2D eigenvalue weighted by Crippen LogP contribution is -2.49. The predicted molar refractivity (Wildman–Crippen MR) is 59.3 cm³/mol. The summed E-state index contributed by atoms with van der Waals surface area (Å²) in [6, 6.07) is 0. The fourth-order valence-electron chi connectivity index (χ4n) is 1.69. The second-order valence-corrected chi connectivity index (χ2v) is 6.17. The predicted octanol–water partition coefficient (Wildman–Crippen LogP) is 0.426. The summed E-state index contributed by atoms with van der Waals surface area (Å²) in [4.78, 5) is 0. The molecule has 19 heavy (non-hydrogen) atoms. The van der Waals surface area contributed by atoms with Crippen LogP contribution in [0.25, 0.3) is 0 Å². The van der Waals surface area contributed by atoms with E-state index >= 15 is 0 Å². The summed E-state index contributed by atoms with van der Waals surface area (Å²) in [6.07, 6.45) is -3.11. The topological polar surface area (TPSA) is 69.6 Å². The lowest BCUT2D eigenvalue weighted by molar-refractivity contribution is -0.122. The van der Waals surface area contributed by atoms with E-state index in [1.54, 1.807) is 0 Å². The second-order valence-electron chi connectivity index (χ2n) is 4.41. The second kappa shape index (κ2) is 6.33. The number of piperidine rings is 1. The zero-order valence-corrected chi connectivity index (χ0v) is 10.8. The molecule has 0 spiro atoms. The minimum Gasteiger partial charge on any atom is -0.396 e. The third-order valence-corrected chi connectivity index (χ3v) is 4.54. The molecule has 1 aliphatic rings. The van der Waals surface area contributed by atoms with E-state index in [9.17, 15) is 26.0 Å². The number of nitrogens with one attached hydrogen (secondary N) is 1. The van der Waals surface area contributed by atoms with E-state index in [0.717, 1.165) is 4.31 Å². The Kier molecular flexibility index (Phi) is 5.53. The molecule has 0 saturated carbocycles. The summed E-state index contributed by atoms with van der Waals surface area (Å²) in [5, 5.41) is 8.89. The van der Waals surface area contributed by atoms with Crippen molar-refractivity contribution < 1.29 is 31.1 Å². The third kappa shape index (κ3) is 4.55. The molecule has 0 aromatic carbocycles. The average molecular weight is 308 g/mol. The Balaban J connectivity index is 2.53. The number of rotatable bonds is 6. The maximum atomic E-state index is 12.6. The first-order valence-corrected chi connectivity index (χ1v) is 7.14. The fourth-order valence-corrected chi connectivity index (χ4v) is 2.94. The van der Waals surface area contributed by atoms with Crippen LogP contribution in [0.2, 0.25) is 0 Å². The van der Waals surface area contributed by atoms with Gasteiger partial charge in [-0.15, -0.1) is 0 Å². The van der Waals surface area contributed by atoms with Gasteiger partial charge < -0.3 is 5.11 Å². The van der Waals surface area contributed by atoms with Gasteiger partial charge in [0.15, 0.2) is 0 Å². The first-order valence-electron chi connectivity index (χ1n) is 5.70. The van der Waals surface area contributed by atoms with Crippen molar-refractivity contribution in [3.05, 3.63) is 0 Å². The number of alkyl halides is 4. The Morgan fingerprint density at radius 1 is 1.32 bits per heavy atom. The Bertz CT molecular complexity index is 383. The lowest BCUT2D eigenvalue weighted by atomic mass is 10.00. The van der Waals surface area contributed by atoms with Gasteiger partial charge in [0.2, 0.25) is 0 Å². The summed E-state index contributed by atoms with van der Waals surface area (Å²) in [5.74, 6) is -4.41. The van der Waals surface area contributed by atoms with Crippen molar-refractivity contribution in [2.75, 3.05) is 26.2 Å². The minimum absolute atomic E-state index is 0.0195. The van der Waals surface area contributed by atoms with Crippen molar-refractivity contribution in [1.29, 1.82) is 0 Å². The van der Waals surface area contributed by atoms with Gasteiger partial charge in [0.1, 0.15) is 0 Å². The highest BCUT2D eigenvalue weighted by Crippen LogP contribution is 2.23. The molecule has 0 atom stereocenters. The summed E-state index contributed by atoms with van der Waals surface area (Å²) >= 11 is 0. The molecule has 5 nitrogen and oxygen atoms in total. The molecule has 0 amide bonds. The molecule has 0 aliphatic carbocycles. The molecule has 1 heterocycles. The Labute approximate surface area is 108 Å². The zero-order chi connectivity index (χ0) is 14.7. The van der Waals surface area contributed by atoms with Gasteiger partial charge in [-0.3, -0.25) is 0 Å². The summed E-state index contributed by atoms with van der Waals surface area (Å²) in [5.41, 5.74) is 0. The standard InChI is InChI=1S/C9H16F4N2O3S/c10-8(11)9(12,13)6-14-19(17,18)15-3-1-7(5-16)2-4-15/h7-8,14,16H,1-6H2. The lowest BCUT2D eigenvalue weighted by Gasteiger charge is -2.30. The molecule has 0 aromatic heterocycles. The average Bonchev–Trinajstić information content (AvgIpc) is 2.36. The van der Waals surface area contributed by atoms with Crippen LogP contribution in [0, 0.1) is 5.92 Å². The van der Waals surface area contributed by atoms with Crippen LogP contribution in [-0.2, 0) is 10.2 Å². The first-order chi connectivity index (χ1) is 8.69. The Morgan fingerprint density at radius 2 is 1.84 bits per heavy atom. The highest BCUT2D eigenvalue weighted by molar-refractivity contribution is 7.87. The maximum absolute atomic E-state index is 12.6. The molecule has 1 aliphatic heterocycles. The molecule has 1 fully saturated rings. The van der Waals surface area contributed by atoms with Gasteiger partial charge in [0, 0.05) is 19.7 Å². The van der Waals surface area contributed by atoms with Crippen LogP contribution in [-0.4, -0.2) is 56.4 Å². The van der Waals surface area contributed by atoms with E-state index in [1.807, 2.05) is 0 Å². The van der Waals surface area contributed by atoms with Gasteiger partial charge in [0.05, 0.1) is 6.54 Å². The molecular formula is C9H16F4N2O3S. The van der Waals surface area contributed by atoms with Crippen LogP contribution in [0.1, 0.15) is 12.8 Å². The fraction of sp³-hybridized carbons (Fsp3) is 1.00. The van der Waals surface area contributed by atoms with Crippen molar-refractivity contribution in [2.24, 2.45) is 5.92 Å². The molecule has 0 aromatic rings. The third-order valence-electron chi connectivity index (χ3n) is 2.98. The van der Waals surface area contributed by atoms with Crippen molar-refractivity contribution in [2.45, 2.75) is 25.2 Å². The Hall–Kier alpha value is -0.450. The molecule has 0 radical (unpaired) electrons. The minimum atomic E-state index is -4.39. The molecule has 0 unspecified atom stereocenters. The maximum Gasteiger partial charge on any atom is 0.320 e. The van der Waals surface area contributed by atoms with E-state index in [2.05, 4.69) is 0 Å². The molecule has 0 bridgehead atoms. The SMILES string of the molecule is O=S(=O)(NCC(F)(F)C(F)F)N1CCC(CO)CC1. The van der Waals surface area contributed by atoms with E-state index in [0.29, 0.717) is 12.8 Å². The van der Waals surface area contributed by atoms with Crippen LogP contribution >= 0.6 is 0 Å². The zero-order valence-electron chi connectivity index (χ0n) is 10.0. The van der Waals surface area contributed by atoms with Crippen LogP contribution < -0.4 is 4.72 Å².